The lowest BCUT2D eigenvalue weighted by Gasteiger charge is -2.09. The molecule has 1 aromatic heterocycles. The Morgan fingerprint density at radius 2 is 1.08 bits per heavy atom. The Hall–Kier alpha value is -2.92. The second-order valence-corrected chi connectivity index (χ2v) is 6.49. The predicted octanol–water partition coefficient (Wildman–Crippen LogP) is 5.77. The van der Waals surface area contributed by atoms with Gasteiger partial charge in [-0.05, 0) is 28.1 Å². The highest BCUT2D eigenvalue weighted by molar-refractivity contribution is 9.10. The van der Waals surface area contributed by atoms with Gasteiger partial charge in [0.05, 0.1) is 10.0 Å². The van der Waals surface area contributed by atoms with Gasteiger partial charge in [-0.3, -0.25) is 0 Å². The molecule has 3 aromatic carbocycles. The summed E-state index contributed by atoms with van der Waals surface area (Å²) in [5.41, 5.74) is 2.03. The largest absolute Gasteiger partial charge is 0.208 e. The summed E-state index contributed by atoms with van der Waals surface area (Å²) in [5.74, 6) is 0.927. The molecule has 4 aromatic rings. The monoisotopic (exact) mass is 405 g/mol. The number of halogens is 2. The third kappa shape index (κ3) is 3.26. The second-order valence-electron chi connectivity index (χ2n) is 5.64. The van der Waals surface area contributed by atoms with Crippen LogP contribution in [0.1, 0.15) is 0 Å². The Morgan fingerprint density at radius 1 is 0.577 bits per heavy atom. The van der Waals surface area contributed by atoms with Crippen molar-refractivity contribution in [2.75, 3.05) is 0 Å². The van der Waals surface area contributed by atoms with E-state index in [2.05, 4.69) is 30.9 Å². The molecule has 0 amide bonds. The van der Waals surface area contributed by atoms with Crippen LogP contribution < -0.4 is 0 Å². The highest BCUT2D eigenvalue weighted by Crippen LogP contribution is 2.28. The van der Waals surface area contributed by atoms with Crippen LogP contribution >= 0.6 is 15.9 Å². The van der Waals surface area contributed by atoms with E-state index < -0.39 is 5.82 Å². The number of benzene rings is 3. The molecule has 3 nitrogen and oxygen atoms in total. The van der Waals surface area contributed by atoms with Gasteiger partial charge >= 0.3 is 0 Å². The van der Waals surface area contributed by atoms with Gasteiger partial charge in [-0.15, -0.1) is 0 Å². The molecular formula is C21H13BrFN3. The number of aromatic nitrogens is 3. The number of hydrogen-bond donors (Lipinski definition) is 0. The maximum absolute atomic E-state index is 14.6. The standard InChI is InChI=1S/C21H13BrFN3/c22-17-13-7-12-16(18(17)23)21-25-19(14-8-3-1-4-9-14)24-20(26-21)15-10-5-2-6-11-15/h1-13H. The molecule has 1 heterocycles. The van der Waals surface area contributed by atoms with Crippen molar-refractivity contribution in [2.24, 2.45) is 0 Å². The van der Waals surface area contributed by atoms with Gasteiger partial charge in [0.15, 0.2) is 17.5 Å². The van der Waals surface area contributed by atoms with E-state index in [1.54, 1.807) is 18.2 Å². The van der Waals surface area contributed by atoms with Crippen LogP contribution in [0.25, 0.3) is 34.2 Å². The van der Waals surface area contributed by atoms with E-state index >= 15 is 0 Å². The van der Waals surface area contributed by atoms with Crippen LogP contribution in [0.15, 0.2) is 83.3 Å². The van der Waals surface area contributed by atoms with E-state index in [0.717, 1.165) is 11.1 Å². The zero-order valence-corrected chi connectivity index (χ0v) is 15.2. The van der Waals surface area contributed by atoms with E-state index in [0.29, 0.717) is 27.5 Å². The maximum atomic E-state index is 14.6. The van der Waals surface area contributed by atoms with Crippen LogP contribution in [0.2, 0.25) is 0 Å². The van der Waals surface area contributed by atoms with Crippen LogP contribution in [0.3, 0.4) is 0 Å². The molecule has 0 N–H and O–H groups in total. The smallest absolute Gasteiger partial charge is 0.167 e. The van der Waals surface area contributed by atoms with Gasteiger partial charge in [0.2, 0.25) is 0 Å². The summed E-state index contributed by atoms with van der Waals surface area (Å²) >= 11 is 3.22. The van der Waals surface area contributed by atoms with Gasteiger partial charge in [0, 0.05) is 11.1 Å². The molecule has 0 radical (unpaired) electrons. The maximum Gasteiger partial charge on any atom is 0.167 e. The summed E-state index contributed by atoms with van der Waals surface area (Å²) in [7, 11) is 0. The van der Waals surface area contributed by atoms with Crippen molar-refractivity contribution in [3.05, 3.63) is 89.2 Å². The van der Waals surface area contributed by atoms with Gasteiger partial charge in [-0.2, -0.15) is 0 Å². The van der Waals surface area contributed by atoms with Crippen molar-refractivity contribution in [2.45, 2.75) is 0 Å². The fourth-order valence-electron chi connectivity index (χ4n) is 2.61. The highest BCUT2D eigenvalue weighted by Gasteiger charge is 2.15. The number of rotatable bonds is 3. The number of nitrogens with zero attached hydrogens (tertiary/aromatic N) is 3. The molecule has 0 aliphatic heterocycles. The van der Waals surface area contributed by atoms with E-state index in [1.165, 1.54) is 0 Å². The van der Waals surface area contributed by atoms with Crippen LogP contribution in [-0.2, 0) is 0 Å². The van der Waals surface area contributed by atoms with Crippen LogP contribution in [0.4, 0.5) is 4.39 Å². The van der Waals surface area contributed by atoms with Crippen LogP contribution in [-0.4, -0.2) is 15.0 Å². The van der Waals surface area contributed by atoms with Gasteiger partial charge in [-0.1, -0.05) is 66.7 Å². The van der Waals surface area contributed by atoms with Gasteiger partial charge in [-0.25, -0.2) is 19.3 Å². The summed E-state index contributed by atoms with van der Waals surface area (Å²) in [6.07, 6.45) is 0. The van der Waals surface area contributed by atoms with Gasteiger partial charge in [0.25, 0.3) is 0 Å². The van der Waals surface area contributed by atoms with E-state index in [4.69, 9.17) is 0 Å². The Labute approximate surface area is 158 Å². The molecule has 0 fully saturated rings. The Bertz CT molecular complexity index is 996. The van der Waals surface area contributed by atoms with Crippen molar-refractivity contribution >= 4 is 15.9 Å². The topological polar surface area (TPSA) is 38.7 Å². The van der Waals surface area contributed by atoms with E-state index in [9.17, 15) is 4.39 Å². The third-order valence-electron chi connectivity index (χ3n) is 3.89. The minimum absolute atomic E-state index is 0.302. The molecule has 0 aliphatic carbocycles. The first-order valence-electron chi connectivity index (χ1n) is 8.03. The lowest BCUT2D eigenvalue weighted by molar-refractivity contribution is 0.623. The normalized spacial score (nSPS) is 10.7. The summed E-state index contributed by atoms with van der Waals surface area (Å²) < 4.78 is 15.0. The van der Waals surface area contributed by atoms with E-state index in [1.807, 2.05) is 60.7 Å². The fraction of sp³-hybridized carbons (Fsp3) is 0. The Balaban J connectivity index is 1.95. The first-order valence-corrected chi connectivity index (χ1v) is 8.83. The summed E-state index contributed by atoms with van der Waals surface area (Å²) in [5, 5.41) is 0. The second kappa shape index (κ2) is 7.14. The van der Waals surface area contributed by atoms with Crippen molar-refractivity contribution in [1.82, 2.24) is 15.0 Å². The van der Waals surface area contributed by atoms with Crippen molar-refractivity contribution in [1.29, 1.82) is 0 Å². The molecule has 0 spiro atoms. The summed E-state index contributed by atoms with van der Waals surface area (Å²) in [6, 6.07) is 24.3. The highest BCUT2D eigenvalue weighted by atomic mass is 79.9. The van der Waals surface area contributed by atoms with Crippen LogP contribution in [0, 0.1) is 5.82 Å². The fourth-order valence-corrected chi connectivity index (χ4v) is 2.97. The molecule has 5 heteroatoms. The third-order valence-corrected chi connectivity index (χ3v) is 4.50. The molecule has 0 saturated heterocycles. The van der Waals surface area contributed by atoms with Gasteiger partial charge in [0.1, 0.15) is 5.82 Å². The zero-order valence-electron chi connectivity index (χ0n) is 13.6. The summed E-state index contributed by atoms with van der Waals surface area (Å²) in [6.45, 7) is 0. The predicted molar refractivity (Wildman–Crippen MR) is 104 cm³/mol. The number of hydrogen-bond acceptors (Lipinski definition) is 3. The van der Waals surface area contributed by atoms with E-state index in [-0.39, 0.29) is 0 Å². The lowest BCUT2D eigenvalue weighted by Crippen LogP contribution is -2.01. The molecule has 0 aliphatic rings. The molecule has 26 heavy (non-hydrogen) atoms. The zero-order chi connectivity index (χ0) is 17.9. The molecule has 4 rings (SSSR count). The Morgan fingerprint density at radius 3 is 1.62 bits per heavy atom. The first kappa shape index (κ1) is 16.5. The first-order chi connectivity index (χ1) is 12.7. The summed E-state index contributed by atoms with van der Waals surface area (Å²) in [4.78, 5) is 13.6. The quantitative estimate of drug-likeness (QED) is 0.433. The minimum atomic E-state index is -0.392. The van der Waals surface area contributed by atoms with Crippen molar-refractivity contribution in [3.8, 4) is 34.2 Å². The molecule has 0 bridgehead atoms. The van der Waals surface area contributed by atoms with Gasteiger partial charge < -0.3 is 0 Å². The van der Waals surface area contributed by atoms with Crippen LogP contribution in [0.5, 0.6) is 0 Å². The molecule has 0 atom stereocenters. The molecular weight excluding hydrogens is 393 g/mol. The SMILES string of the molecule is Fc1c(Br)cccc1-c1nc(-c2ccccc2)nc(-c2ccccc2)n1. The average molecular weight is 406 g/mol. The molecule has 0 unspecified atom stereocenters. The molecule has 0 saturated carbocycles. The van der Waals surface area contributed by atoms with Crippen molar-refractivity contribution in [3.63, 3.8) is 0 Å². The average Bonchev–Trinajstić information content (AvgIpc) is 2.71. The minimum Gasteiger partial charge on any atom is -0.208 e. The lowest BCUT2D eigenvalue weighted by atomic mass is 10.1. The van der Waals surface area contributed by atoms with Crippen molar-refractivity contribution < 1.29 is 4.39 Å². The Kier molecular flexibility index (Phi) is 4.54. The molecule has 126 valence electrons.